The Kier molecular flexibility index (Phi) is 4.58. The maximum Gasteiger partial charge on any atom is 0.251 e. The first-order valence-corrected chi connectivity index (χ1v) is 6.98. The molecule has 1 aromatic rings. The average Bonchev–Trinajstić information content (AvgIpc) is 2.85. The zero-order valence-corrected chi connectivity index (χ0v) is 12.0. The second kappa shape index (κ2) is 6.19. The summed E-state index contributed by atoms with van der Waals surface area (Å²) in [6.07, 6.45) is 5.62. The molecule has 0 fully saturated rings. The fourth-order valence-electron chi connectivity index (χ4n) is 2.70. The van der Waals surface area contributed by atoms with E-state index in [9.17, 15) is 4.79 Å². The Labute approximate surface area is 114 Å². The van der Waals surface area contributed by atoms with E-state index in [4.69, 9.17) is 4.74 Å². The third-order valence-electron chi connectivity index (χ3n) is 3.71. The lowest BCUT2D eigenvalue weighted by Gasteiger charge is -2.29. The largest absolute Gasteiger partial charge is 0.369 e. The Hall–Kier alpha value is -1.36. The highest BCUT2D eigenvalue weighted by molar-refractivity contribution is 5.80. The summed E-state index contributed by atoms with van der Waals surface area (Å²) in [7, 11) is 1.86. The van der Waals surface area contributed by atoms with Crippen LogP contribution in [0.4, 0.5) is 0 Å². The van der Waals surface area contributed by atoms with Gasteiger partial charge in [-0.05, 0) is 26.2 Å². The number of rotatable bonds is 5. The number of carbonyl (C=O) groups is 1. The van der Waals surface area contributed by atoms with Crippen molar-refractivity contribution in [1.82, 2.24) is 14.5 Å². The van der Waals surface area contributed by atoms with Gasteiger partial charge in [0.15, 0.2) is 0 Å². The van der Waals surface area contributed by atoms with E-state index in [0.29, 0.717) is 12.5 Å². The summed E-state index contributed by atoms with van der Waals surface area (Å²) in [6.45, 7) is 6.04. The molecule has 2 rings (SSSR count). The number of likely N-dealkylation sites (N-methyl/N-ethyl adjacent to an activating group) is 1. The third kappa shape index (κ3) is 3.35. The SMILES string of the molecule is CCO[C@H](C)C(=O)N(C)C[C@@H]1CCc2nccn2C1. The molecule has 0 aliphatic carbocycles. The topological polar surface area (TPSA) is 47.4 Å². The average molecular weight is 265 g/mol. The molecule has 1 aliphatic heterocycles. The zero-order chi connectivity index (χ0) is 13.8. The minimum absolute atomic E-state index is 0.0679. The van der Waals surface area contributed by atoms with Crippen LogP contribution in [0.3, 0.4) is 0 Å². The van der Waals surface area contributed by atoms with Crippen LogP contribution in [-0.2, 0) is 22.5 Å². The second-order valence-corrected chi connectivity index (χ2v) is 5.22. The van der Waals surface area contributed by atoms with Crippen molar-refractivity contribution in [3.8, 4) is 0 Å². The van der Waals surface area contributed by atoms with Crippen LogP contribution in [0.5, 0.6) is 0 Å². The van der Waals surface area contributed by atoms with E-state index in [1.54, 1.807) is 4.90 Å². The minimum Gasteiger partial charge on any atom is -0.369 e. The van der Waals surface area contributed by atoms with Crippen molar-refractivity contribution < 1.29 is 9.53 Å². The maximum atomic E-state index is 12.1. The number of ether oxygens (including phenoxy) is 1. The normalized spacial score (nSPS) is 19.8. The summed E-state index contributed by atoms with van der Waals surface area (Å²) in [6, 6.07) is 0. The summed E-state index contributed by atoms with van der Waals surface area (Å²) in [5, 5.41) is 0. The molecular weight excluding hydrogens is 242 g/mol. The van der Waals surface area contributed by atoms with Crippen molar-refractivity contribution in [2.45, 2.75) is 39.3 Å². The molecule has 0 saturated carbocycles. The van der Waals surface area contributed by atoms with Crippen LogP contribution in [0.1, 0.15) is 26.1 Å². The molecule has 0 aromatic carbocycles. The van der Waals surface area contributed by atoms with Gasteiger partial charge in [-0.3, -0.25) is 4.79 Å². The van der Waals surface area contributed by atoms with E-state index >= 15 is 0 Å². The Balaban J connectivity index is 1.86. The molecule has 2 atom stereocenters. The lowest BCUT2D eigenvalue weighted by atomic mass is 9.99. The molecule has 5 heteroatoms. The highest BCUT2D eigenvalue weighted by atomic mass is 16.5. The molecule has 5 nitrogen and oxygen atoms in total. The fourth-order valence-corrected chi connectivity index (χ4v) is 2.70. The zero-order valence-electron chi connectivity index (χ0n) is 12.0. The van der Waals surface area contributed by atoms with Gasteiger partial charge in [-0.25, -0.2) is 4.98 Å². The molecule has 1 amide bonds. The first-order chi connectivity index (χ1) is 9.11. The molecule has 106 valence electrons. The predicted molar refractivity (Wildman–Crippen MR) is 72.8 cm³/mol. The summed E-state index contributed by atoms with van der Waals surface area (Å²) in [5.41, 5.74) is 0. The number of fused-ring (bicyclic) bond motifs is 1. The van der Waals surface area contributed by atoms with E-state index in [0.717, 1.165) is 31.8 Å². The van der Waals surface area contributed by atoms with Gasteiger partial charge in [-0.2, -0.15) is 0 Å². The van der Waals surface area contributed by atoms with Gasteiger partial charge in [0.25, 0.3) is 5.91 Å². The number of amides is 1. The molecule has 0 N–H and O–H groups in total. The van der Waals surface area contributed by atoms with Crippen LogP contribution in [-0.4, -0.2) is 46.7 Å². The molecule has 0 bridgehead atoms. The molecular formula is C14H23N3O2. The maximum absolute atomic E-state index is 12.1. The van der Waals surface area contributed by atoms with Gasteiger partial charge in [-0.15, -0.1) is 0 Å². The monoisotopic (exact) mass is 265 g/mol. The minimum atomic E-state index is -0.345. The number of aromatic nitrogens is 2. The molecule has 0 saturated heterocycles. The van der Waals surface area contributed by atoms with E-state index in [-0.39, 0.29) is 12.0 Å². The van der Waals surface area contributed by atoms with Crippen LogP contribution in [0.15, 0.2) is 12.4 Å². The van der Waals surface area contributed by atoms with Crippen molar-refractivity contribution in [3.63, 3.8) is 0 Å². The van der Waals surface area contributed by atoms with Crippen molar-refractivity contribution in [3.05, 3.63) is 18.2 Å². The van der Waals surface area contributed by atoms with Crippen LogP contribution in [0.2, 0.25) is 0 Å². The van der Waals surface area contributed by atoms with E-state index in [1.807, 2.05) is 33.3 Å². The quantitative estimate of drug-likeness (QED) is 0.807. The molecule has 0 spiro atoms. The summed E-state index contributed by atoms with van der Waals surface area (Å²) in [5.74, 6) is 1.73. The van der Waals surface area contributed by atoms with Gasteiger partial charge in [0.1, 0.15) is 11.9 Å². The van der Waals surface area contributed by atoms with Crippen molar-refractivity contribution in [2.24, 2.45) is 5.92 Å². The fraction of sp³-hybridized carbons (Fsp3) is 0.714. The Morgan fingerprint density at radius 3 is 3.21 bits per heavy atom. The van der Waals surface area contributed by atoms with Gasteiger partial charge in [0, 0.05) is 45.6 Å². The van der Waals surface area contributed by atoms with Crippen LogP contribution in [0, 0.1) is 5.92 Å². The van der Waals surface area contributed by atoms with Crippen molar-refractivity contribution >= 4 is 5.91 Å². The summed E-state index contributed by atoms with van der Waals surface area (Å²) < 4.78 is 7.54. The molecule has 19 heavy (non-hydrogen) atoms. The van der Waals surface area contributed by atoms with Gasteiger partial charge in [-0.1, -0.05) is 0 Å². The Bertz CT molecular complexity index is 430. The Morgan fingerprint density at radius 1 is 1.68 bits per heavy atom. The van der Waals surface area contributed by atoms with Crippen molar-refractivity contribution in [1.29, 1.82) is 0 Å². The number of hydrogen-bond donors (Lipinski definition) is 0. The lowest BCUT2D eigenvalue weighted by molar-refractivity contribution is -0.141. The summed E-state index contributed by atoms with van der Waals surface area (Å²) >= 11 is 0. The highest BCUT2D eigenvalue weighted by Crippen LogP contribution is 2.19. The predicted octanol–water partition coefficient (Wildman–Crippen LogP) is 1.33. The lowest BCUT2D eigenvalue weighted by Crippen LogP contribution is -2.40. The molecule has 0 radical (unpaired) electrons. The highest BCUT2D eigenvalue weighted by Gasteiger charge is 2.24. The van der Waals surface area contributed by atoms with Gasteiger partial charge in [0.05, 0.1) is 0 Å². The van der Waals surface area contributed by atoms with Gasteiger partial charge < -0.3 is 14.2 Å². The number of nitrogens with zero attached hydrogens (tertiary/aromatic N) is 3. The number of imidazole rings is 1. The smallest absolute Gasteiger partial charge is 0.251 e. The summed E-state index contributed by atoms with van der Waals surface area (Å²) in [4.78, 5) is 18.2. The number of aryl methyl sites for hydroxylation is 1. The van der Waals surface area contributed by atoms with Crippen LogP contribution < -0.4 is 0 Å². The van der Waals surface area contributed by atoms with Gasteiger partial charge in [0.2, 0.25) is 0 Å². The number of hydrogen-bond acceptors (Lipinski definition) is 3. The third-order valence-corrected chi connectivity index (χ3v) is 3.71. The van der Waals surface area contributed by atoms with Crippen molar-refractivity contribution in [2.75, 3.05) is 20.2 Å². The van der Waals surface area contributed by atoms with Crippen LogP contribution in [0.25, 0.3) is 0 Å². The first-order valence-electron chi connectivity index (χ1n) is 6.98. The van der Waals surface area contributed by atoms with E-state index in [1.165, 1.54) is 0 Å². The van der Waals surface area contributed by atoms with Gasteiger partial charge >= 0.3 is 0 Å². The Morgan fingerprint density at radius 2 is 2.47 bits per heavy atom. The second-order valence-electron chi connectivity index (χ2n) is 5.22. The molecule has 2 heterocycles. The molecule has 1 aliphatic rings. The molecule has 1 aromatic heterocycles. The van der Waals surface area contributed by atoms with E-state index < -0.39 is 0 Å². The molecule has 0 unspecified atom stereocenters. The first kappa shape index (κ1) is 14.1. The number of carbonyl (C=O) groups excluding carboxylic acids is 1. The van der Waals surface area contributed by atoms with Crippen LogP contribution >= 0.6 is 0 Å². The standard InChI is InChI=1S/C14H23N3O2/c1-4-19-11(2)14(18)16(3)9-12-5-6-13-15-7-8-17(13)10-12/h7-8,11-12H,4-6,9-10H2,1-3H3/t11-,12+/m1/s1. The van der Waals surface area contributed by atoms with E-state index in [2.05, 4.69) is 9.55 Å².